The van der Waals surface area contributed by atoms with Crippen molar-refractivity contribution in [2.75, 3.05) is 4.90 Å². The highest BCUT2D eigenvalue weighted by atomic mass is 16.3. The second-order valence-electron chi connectivity index (χ2n) is 6.15. The van der Waals surface area contributed by atoms with Crippen LogP contribution >= 0.6 is 0 Å². The summed E-state index contributed by atoms with van der Waals surface area (Å²) in [7, 11) is 0. The van der Waals surface area contributed by atoms with E-state index in [0.29, 0.717) is 17.2 Å². The summed E-state index contributed by atoms with van der Waals surface area (Å²) < 4.78 is 0. The number of hydrazone groups is 1. The lowest BCUT2D eigenvalue weighted by atomic mass is 9.90. The molecule has 5 heteroatoms. The quantitative estimate of drug-likeness (QED) is 0.794. The summed E-state index contributed by atoms with van der Waals surface area (Å²) in [5.74, 6) is 1.23. The van der Waals surface area contributed by atoms with Crippen LogP contribution in [0.4, 0.5) is 5.69 Å². The highest BCUT2D eigenvalue weighted by Crippen LogP contribution is 2.35. The number of hydrogen-bond donors (Lipinski definition) is 3. The van der Waals surface area contributed by atoms with Gasteiger partial charge in [0.15, 0.2) is 5.84 Å². The van der Waals surface area contributed by atoms with E-state index >= 15 is 0 Å². The number of rotatable bonds is 2. The van der Waals surface area contributed by atoms with Crippen LogP contribution in [0.5, 0.6) is 11.5 Å². The Labute approximate surface area is 140 Å². The Bertz CT molecular complexity index is 858. The Balaban J connectivity index is 1.82. The number of nitrogens with zero attached hydrogens (tertiary/aromatic N) is 2. The zero-order valence-electron chi connectivity index (χ0n) is 13.3. The Hall–Kier alpha value is -2.95. The molecule has 1 aliphatic carbocycles. The summed E-state index contributed by atoms with van der Waals surface area (Å²) in [6.45, 7) is 4.05. The largest absolute Gasteiger partial charge is 0.508 e. The van der Waals surface area contributed by atoms with Crippen molar-refractivity contribution < 1.29 is 10.2 Å². The molecule has 2 aromatic rings. The highest BCUT2D eigenvalue weighted by Gasteiger charge is 2.29. The average Bonchev–Trinajstić information content (AvgIpc) is 2.95. The number of aryl methyl sites for hydroxylation is 1. The molecular weight excluding hydrogens is 302 g/mol. The van der Waals surface area contributed by atoms with Crippen LogP contribution in [-0.4, -0.2) is 16.0 Å². The van der Waals surface area contributed by atoms with Gasteiger partial charge in [-0.15, -0.1) is 0 Å². The van der Waals surface area contributed by atoms with Gasteiger partial charge in [-0.3, -0.25) is 10.3 Å². The molecule has 0 bridgehead atoms. The van der Waals surface area contributed by atoms with Gasteiger partial charge in [0.2, 0.25) is 0 Å². The van der Waals surface area contributed by atoms with Gasteiger partial charge in [-0.2, -0.15) is 5.10 Å². The second kappa shape index (κ2) is 5.60. The Morgan fingerprint density at radius 3 is 2.75 bits per heavy atom. The molecule has 0 unspecified atom stereocenters. The molecule has 2 aromatic carbocycles. The molecule has 0 radical (unpaired) electrons. The number of fused-ring (bicyclic) bond motifs is 1. The van der Waals surface area contributed by atoms with Crippen molar-refractivity contribution in [3.05, 3.63) is 65.5 Å². The van der Waals surface area contributed by atoms with Gasteiger partial charge in [-0.1, -0.05) is 18.7 Å². The van der Waals surface area contributed by atoms with Crippen molar-refractivity contribution in [3.63, 3.8) is 0 Å². The van der Waals surface area contributed by atoms with Crippen LogP contribution in [0.2, 0.25) is 0 Å². The third kappa shape index (κ3) is 2.29. The molecule has 2 aliphatic rings. The van der Waals surface area contributed by atoms with Crippen LogP contribution < -0.4 is 10.3 Å². The zero-order chi connectivity index (χ0) is 16.7. The number of phenolic OH excluding ortho intramolecular Hbond substituents is 2. The van der Waals surface area contributed by atoms with E-state index in [2.05, 4.69) is 35.3 Å². The van der Waals surface area contributed by atoms with Gasteiger partial charge in [0.05, 0.1) is 11.3 Å². The summed E-state index contributed by atoms with van der Waals surface area (Å²) in [5.41, 5.74) is 7.20. The third-order valence-electron chi connectivity index (χ3n) is 4.61. The molecular formula is C19H19N3O2. The summed E-state index contributed by atoms with van der Waals surface area (Å²) in [4.78, 5) is 1.94. The molecule has 1 heterocycles. The monoisotopic (exact) mass is 321 g/mol. The predicted molar refractivity (Wildman–Crippen MR) is 94.1 cm³/mol. The van der Waals surface area contributed by atoms with E-state index in [4.69, 9.17) is 0 Å². The first-order valence-corrected chi connectivity index (χ1v) is 8.11. The summed E-state index contributed by atoms with van der Waals surface area (Å²) in [5, 5.41) is 24.1. The number of hydrogen-bond acceptors (Lipinski definition) is 5. The number of amidine groups is 1. The first-order valence-electron chi connectivity index (χ1n) is 8.11. The Morgan fingerprint density at radius 2 is 1.92 bits per heavy atom. The normalized spacial score (nSPS) is 16.6. The van der Waals surface area contributed by atoms with Gasteiger partial charge in [-0.05, 0) is 55.0 Å². The van der Waals surface area contributed by atoms with E-state index in [-0.39, 0.29) is 11.5 Å². The first-order chi connectivity index (χ1) is 11.6. The zero-order valence-corrected chi connectivity index (χ0v) is 13.3. The Morgan fingerprint density at radius 1 is 1.08 bits per heavy atom. The number of anilines is 1. The molecule has 3 N–H and O–H groups in total. The van der Waals surface area contributed by atoms with Crippen LogP contribution in [0.15, 0.2) is 53.9 Å². The highest BCUT2D eigenvalue weighted by molar-refractivity contribution is 6.14. The van der Waals surface area contributed by atoms with E-state index in [1.807, 2.05) is 4.90 Å². The number of aromatic hydroxyl groups is 2. The average molecular weight is 321 g/mol. The van der Waals surface area contributed by atoms with E-state index in [0.717, 1.165) is 18.5 Å². The van der Waals surface area contributed by atoms with E-state index in [9.17, 15) is 10.2 Å². The van der Waals surface area contributed by atoms with Crippen molar-refractivity contribution in [2.45, 2.75) is 25.7 Å². The number of benzene rings is 2. The maximum atomic E-state index is 10.2. The topological polar surface area (TPSA) is 68.1 Å². The molecule has 1 aliphatic heterocycles. The summed E-state index contributed by atoms with van der Waals surface area (Å²) in [6.07, 6.45) is 4.52. The van der Waals surface area contributed by atoms with Gasteiger partial charge in [-0.25, -0.2) is 0 Å². The molecule has 0 saturated carbocycles. The fourth-order valence-corrected chi connectivity index (χ4v) is 3.47. The summed E-state index contributed by atoms with van der Waals surface area (Å²) in [6, 6.07) is 10.8. The van der Waals surface area contributed by atoms with Gasteiger partial charge >= 0.3 is 0 Å². The molecule has 0 spiro atoms. The predicted octanol–water partition coefficient (Wildman–Crippen LogP) is 3.22. The molecule has 5 nitrogen and oxygen atoms in total. The van der Waals surface area contributed by atoms with Crippen molar-refractivity contribution in [1.29, 1.82) is 0 Å². The maximum absolute atomic E-state index is 10.2. The van der Waals surface area contributed by atoms with Crippen molar-refractivity contribution in [1.82, 2.24) is 5.43 Å². The fraction of sp³-hybridized carbons (Fsp3) is 0.211. The fourth-order valence-electron chi connectivity index (χ4n) is 3.47. The Kier molecular flexibility index (Phi) is 3.41. The number of nitrogens with one attached hydrogen (secondary N) is 1. The number of phenols is 2. The maximum Gasteiger partial charge on any atom is 0.170 e. The molecule has 4 rings (SSSR count). The van der Waals surface area contributed by atoms with Crippen LogP contribution in [0.25, 0.3) is 0 Å². The SMILES string of the molecule is C=C1NN=C(c2ccc(O)cc2O)N1c1cccc2c1CCCC2. The lowest BCUT2D eigenvalue weighted by molar-refractivity contribution is 0.450. The van der Waals surface area contributed by atoms with E-state index in [1.54, 1.807) is 6.07 Å². The first kappa shape index (κ1) is 14.6. The van der Waals surface area contributed by atoms with Crippen molar-refractivity contribution in [2.24, 2.45) is 5.10 Å². The molecule has 0 aromatic heterocycles. The van der Waals surface area contributed by atoms with Crippen LogP contribution in [0.1, 0.15) is 29.5 Å². The van der Waals surface area contributed by atoms with E-state index < -0.39 is 0 Å². The van der Waals surface area contributed by atoms with Gasteiger partial charge in [0.1, 0.15) is 17.3 Å². The van der Waals surface area contributed by atoms with Gasteiger partial charge < -0.3 is 10.2 Å². The lowest BCUT2D eigenvalue weighted by Crippen LogP contribution is -2.29. The molecule has 122 valence electrons. The molecule has 0 amide bonds. The third-order valence-corrected chi connectivity index (χ3v) is 4.61. The minimum absolute atomic E-state index is 0.0138. The standard InChI is InChI=1S/C19H19N3O2/c1-12-20-21-19(16-10-9-14(23)11-18(16)24)22(12)17-8-4-6-13-5-2-3-7-15(13)17/h4,6,8-11,20,23-24H,1-3,5,7H2. The van der Waals surface area contributed by atoms with Crippen LogP contribution in [-0.2, 0) is 12.8 Å². The van der Waals surface area contributed by atoms with Gasteiger partial charge in [0.25, 0.3) is 0 Å². The van der Waals surface area contributed by atoms with Crippen molar-refractivity contribution >= 4 is 11.5 Å². The molecule has 0 fully saturated rings. The van der Waals surface area contributed by atoms with Crippen LogP contribution in [0.3, 0.4) is 0 Å². The molecule has 0 atom stereocenters. The lowest BCUT2D eigenvalue weighted by Gasteiger charge is -2.27. The van der Waals surface area contributed by atoms with E-state index in [1.165, 1.54) is 36.1 Å². The van der Waals surface area contributed by atoms with Crippen molar-refractivity contribution in [3.8, 4) is 11.5 Å². The minimum Gasteiger partial charge on any atom is -0.508 e. The van der Waals surface area contributed by atoms with Crippen LogP contribution in [0, 0.1) is 0 Å². The minimum atomic E-state index is -0.0138. The summed E-state index contributed by atoms with van der Waals surface area (Å²) >= 11 is 0. The van der Waals surface area contributed by atoms with Gasteiger partial charge in [0, 0.05) is 6.07 Å². The molecule has 0 saturated heterocycles. The molecule has 24 heavy (non-hydrogen) atoms. The second-order valence-corrected chi connectivity index (χ2v) is 6.15. The smallest absolute Gasteiger partial charge is 0.170 e.